The summed E-state index contributed by atoms with van der Waals surface area (Å²) in [6.45, 7) is 3.82. The molecular formula is C22H26N4O3S. The number of benzene rings is 2. The maximum atomic E-state index is 12.9. The number of piperazine rings is 1. The van der Waals surface area contributed by atoms with E-state index in [9.17, 15) is 9.59 Å². The Morgan fingerprint density at radius 2 is 1.87 bits per heavy atom. The monoisotopic (exact) mass is 426 g/mol. The summed E-state index contributed by atoms with van der Waals surface area (Å²) in [5.74, 6) is 0.736. The number of ether oxygens (including phenoxy) is 1. The van der Waals surface area contributed by atoms with Gasteiger partial charge in [-0.05, 0) is 42.9 Å². The molecule has 3 aromatic rings. The van der Waals surface area contributed by atoms with E-state index in [2.05, 4.69) is 17.3 Å². The lowest BCUT2D eigenvalue weighted by Gasteiger charge is -2.32. The molecule has 2 aromatic carbocycles. The van der Waals surface area contributed by atoms with Crippen LogP contribution in [-0.2, 0) is 13.6 Å². The number of thiazole rings is 1. The summed E-state index contributed by atoms with van der Waals surface area (Å²) in [7, 11) is 5.48. The van der Waals surface area contributed by atoms with Gasteiger partial charge in [-0.1, -0.05) is 17.4 Å². The number of hydrogen-bond acceptors (Lipinski definition) is 6. The molecule has 1 aromatic heterocycles. The first-order chi connectivity index (χ1) is 14.5. The van der Waals surface area contributed by atoms with Crippen LogP contribution in [0.15, 0.2) is 41.2 Å². The van der Waals surface area contributed by atoms with E-state index in [1.165, 1.54) is 11.3 Å². The molecule has 0 radical (unpaired) electrons. The summed E-state index contributed by atoms with van der Waals surface area (Å²) in [6, 6.07) is 11.5. The lowest BCUT2D eigenvalue weighted by molar-refractivity contribution is 0.0664. The highest BCUT2D eigenvalue weighted by atomic mass is 32.1. The van der Waals surface area contributed by atoms with Crippen molar-refractivity contribution in [1.82, 2.24) is 14.4 Å². The number of aryl methyl sites for hydroxylation is 1. The Kier molecular flexibility index (Phi) is 5.78. The molecule has 7 nitrogen and oxygen atoms in total. The average Bonchev–Trinajstić information content (AvgIpc) is 3.05. The van der Waals surface area contributed by atoms with E-state index in [-0.39, 0.29) is 10.8 Å². The largest absolute Gasteiger partial charge is 0.495 e. The summed E-state index contributed by atoms with van der Waals surface area (Å²) in [4.78, 5) is 29.0. The van der Waals surface area contributed by atoms with E-state index < -0.39 is 0 Å². The second kappa shape index (κ2) is 8.49. The van der Waals surface area contributed by atoms with Crippen LogP contribution in [0.1, 0.15) is 15.9 Å². The Morgan fingerprint density at radius 3 is 2.60 bits per heavy atom. The maximum Gasteiger partial charge on any atom is 0.307 e. The van der Waals surface area contributed by atoms with Gasteiger partial charge in [0.2, 0.25) is 0 Å². The molecule has 1 aliphatic rings. The lowest BCUT2D eigenvalue weighted by atomic mass is 10.1. The molecule has 0 unspecified atom stereocenters. The van der Waals surface area contributed by atoms with Crippen LogP contribution in [0.5, 0.6) is 5.75 Å². The van der Waals surface area contributed by atoms with Gasteiger partial charge in [-0.15, -0.1) is 0 Å². The lowest BCUT2D eigenvalue weighted by Crippen LogP contribution is -2.47. The number of aromatic nitrogens is 1. The van der Waals surface area contributed by atoms with E-state index in [1.54, 1.807) is 18.7 Å². The predicted octanol–water partition coefficient (Wildman–Crippen LogP) is 2.61. The molecule has 2 heterocycles. The third kappa shape index (κ3) is 4.06. The molecule has 1 amide bonds. The topological polar surface area (TPSA) is 66.8 Å². The Hall–Kier alpha value is -2.84. The molecule has 4 rings (SSSR count). The number of methoxy groups -OCH3 is 1. The van der Waals surface area contributed by atoms with E-state index in [0.29, 0.717) is 17.9 Å². The van der Waals surface area contributed by atoms with E-state index in [1.807, 2.05) is 41.3 Å². The van der Waals surface area contributed by atoms with Gasteiger partial charge >= 0.3 is 4.87 Å². The second-order valence-electron chi connectivity index (χ2n) is 7.59. The van der Waals surface area contributed by atoms with Crippen LogP contribution in [0.2, 0.25) is 0 Å². The van der Waals surface area contributed by atoms with Crippen molar-refractivity contribution in [3.63, 3.8) is 0 Å². The molecule has 1 aliphatic heterocycles. The third-order valence-corrected chi connectivity index (χ3v) is 6.57. The number of amides is 1. The van der Waals surface area contributed by atoms with Crippen molar-refractivity contribution < 1.29 is 9.53 Å². The predicted molar refractivity (Wildman–Crippen MR) is 121 cm³/mol. The van der Waals surface area contributed by atoms with Gasteiger partial charge in [-0.3, -0.25) is 9.59 Å². The first-order valence-corrected chi connectivity index (χ1v) is 10.8. The van der Waals surface area contributed by atoms with Crippen LogP contribution in [0, 0.1) is 0 Å². The van der Waals surface area contributed by atoms with E-state index in [4.69, 9.17) is 4.74 Å². The average molecular weight is 427 g/mol. The van der Waals surface area contributed by atoms with Crippen molar-refractivity contribution in [2.75, 3.05) is 45.7 Å². The van der Waals surface area contributed by atoms with Gasteiger partial charge in [0.05, 0.1) is 23.0 Å². The summed E-state index contributed by atoms with van der Waals surface area (Å²) in [6.07, 6.45) is 0. The zero-order valence-corrected chi connectivity index (χ0v) is 18.3. The molecule has 30 heavy (non-hydrogen) atoms. The minimum Gasteiger partial charge on any atom is -0.495 e. The molecule has 1 saturated heterocycles. The standard InChI is InChI=1S/C22H26N4O3S/c1-24-8-10-26(11-9-24)21(27)16-5-7-19(29-3)17(13-16)23-14-15-4-6-18-20(12-15)30-22(28)25(18)2/h4-7,12-13,23H,8-11,14H2,1-3H3. The van der Waals surface area contributed by atoms with Crippen LogP contribution >= 0.6 is 11.3 Å². The van der Waals surface area contributed by atoms with Crippen LogP contribution < -0.4 is 14.9 Å². The van der Waals surface area contributed by atoms with Gasteiger partial charge in [-0.25, -0.2) is 0 Å². The van der Waals surface area contributed by atoms with Gasteiger partial charge in [0, 0.05) is 45.3 Å². The van der Waals surface area contributed by atoms with Gasteiger partial charge in [0.15, 0.2) is 0 Å². The SMILES string of the molecule is COc1ccc(C(=O)N2CCN(C)CC2)cc1NCc1ccc2c(c1)sc(=O)n2C. The van der Waals surface area contributed by atoms with E-state index >= 15 is 0 Å². The molecule has 1 N–H and O–H groups in total. The summed E-state index contributed by atoms with van der Waals surface area (Å²) < 4.78 is 8.11. The number of hydrogen-bond donors (Lipinski definition) is 1. The molecule has 8 heteroatoms. The maximum absolute atomic E-state index is 12.9. The molecular weight excluding hydrogens is 400 g/mol. The summed E-state index contributed by atoms with van der Waals surface area (Å²) >= 11 is 1.25. The minimum atomic E-state index is 0.0342. The van der Waals surface area contributed by atoms with E-state index in [0.717, 1.165) is 47.6 Å². The third-order valence-electron chi connectivity index (χ3n) is 5.58. The van der Waals surface area contributed by atoms with Crippen LogP contribution in [0.25, 0.3) is 10.2 Å². The number of anilines is 1. The fraction of sp³-hybridized carbons (Fsp3) is 0.364. The number of nitrogens with one attached hydrogen (secondary N) is 1. The van der Waals surface area contributed by atoms with Crippen molar-refractivity contribution in [2.24, 2.45) is 7.05 Å². The first kappa shape index (κ1) is 20.4. The molecule has 1 fully saturated rings. The quantitative estimate of drug-likeness (QED) is 0.679. The van der Waals surface area contributed by atoms with Crippen LogP contribution in [0.4, 0.5) is 5.69 Å². The Labute approximate surface area is 179 Å². The molecule has 0 atom stereocenters. The van der Waals surface area contributed by atoms with Crippen molar-refractivity contribution in [1.29, 1.82) is 0 Å². The highest BCUT2D eigenvalue weighted by molar-refractivity contribution is 7.16. The smallest absolute Gasteiger partial charge is 0.307 e. The fourth-order valence-corrected chi connectivity index (χ4v) is 4.60. The van der Waals surface area contributed by atoms with Crippen LogP contribution in [0.3, 0.4) is 0 Å². The van der Waals surface area contributed by atoms with Crippen molar-refractivity contribution >= 4 is 33.1 Å². The molecule has 0 saturated carbocycles. The first-order valence-electron chi connectivity index (χ1n) is 9.94. The number of rotatable bonds is 5. The van der Waals surface area contributed by atoms with Gasteiger partial charge < -0.3 is 24.4 Å². The number of fused-ring (bicyclic) bond motifs is 1. The van der Waals surface area contributed by atoms with Crippen molar-refractivity contribution in [3.05, 3.63) is 57.2 Å². The normalized spacial score (nSPS) is 14.8. The number of nitrogens with zero attached hydrogens (tertiary/aromatic N) is 3. The van der Waals surface area contributed by atoms with Gasteiger partial charge in [-0.2, -0.15) is 0 Å². The zero-order chi connectivity index (χ0) is 21.3. The zero-order valence-electron chi connectivity index (χ0n) is 17.5. The van der Waals surface area contributed by atoms with Gasteiger partial charge in [0.1, 0.15) is 5.75 Å². The second-order valence-corrected chi connectivity index (χ2v) is 8.59. The fourth-order valence-electron chi connectivity index (χ4n) is 3.66. The van der Waals surface area contributed by atoms with Crippen molar-refractivity contribution in [2.45, 2.75) is 6.54 Å². The van der Waals surface area contributed by atoms with Gasteiger partial charge in [0.25, 0.3) is 5.91 Å². The van der Waals surface area contributed by atoms with Crippen molar-refractivity contribution in [3.8, 4) is 5.75 Å². The molecule has 0 spiro atoms. The highest BCUT2D eigenvalue weighted by Gasteiger charge is 2.21. The highest BCUT2D eigenvalue weighted by Crippen LogP contribution is 2.27. The summed E-state index contributed by atoms with van der Waals surface area (Å²) in [5, 5.41) is 3.39. The number of carbonyl (C=O) groups is 1. The Morgan fingerprint density at radius 1 is 1.10 bits per heavy atom. The molecule has 0 bridgehead atoms. The summed E-state index contributed by atoms with van der Waals surface area (Å²) in [5.41, 5.74) is 3.42. The Balaban J connectivity index is 1.52. The Bertz CT molecular complexity index is 1130. The molecule has 158 valence electrons. The minimum absolute atomic E-state index is 0.0342. The van der Waals surface area contributed by atoms with Crippen LogP contribution in [-0.4, -0.2) is 60.6 Å². The number of likely N-dealkylation sites (N-methyl/N-ethyl adjacent to an activating group) is 1. The number of carbonyl (C=O) groups excluding carboxylic acids is 1. The molecule has 0 aliphatic carbocycles.